The fraction of sp³-hybridized carbons (Fsp3) is 0.643. The maximum Gasteiger partial charge on any atom is 0.0997 e. The highest BCUT2D eigenvalue weighted by molar-refractivity contribution is 7.99. The molecule has 0 aliphatic heterocycles. The first kappa shape index (κ1) is 13.6. The highest BCUT2D eigenvalue weighted by atomic mass is 32.2. The second-order valence-corrected chi connectivity index (χ2v) is 7.42. The van der Waals surface area contributed by atoms with Gasteiger partial charge in [-0.25, -0.2) is 4.98 Å². The van der Waals surface area contributed by atoms with Crippen LogP contribution >= 0.6 is 11.8 Å². The van der Waals surface area contributed by atoms with Gasteiger partial charge in [0.1, 0.15) is 0 Å². The third kappa shape index (κ3) is 4.17. The highest BCUT2D eigenvalue weighted by Gasteiger charge is 2.20. The number of rotatable bonds is 2. The summed E-state index contributed by atoms with van der Waals surface area (Å²) in [4.78, 5) is 4.51. The molecule has 1 aromatic heterocycles. The van der Waals surface area contributed by atoms with Crippen LogP contribution in [0.4, 0.5) is 0 Å². The Morgan fingerprint density at radius 3 is 2.25 bits per heavy atom. The van der Waals surface area contributed by atoms with E-state index >= 15 is 0 Å². The number of thioether (sulfide) groups is 1. The van der Waals surface area contributed by atoms with E-state index in [0.717, 1.165) is 5.75 Å². The summed E-state index contributed by atoms with van der Waals surface area (Å²) in [6, 6.07) is 4.22. The van der Waals surface area contributed by atoms with Gasteiger partial charge in [-0.05, 0) is 22.5 Å². The van der Waals surface area contributed by atoms with E-state index in [1.54, 1.807) is 0 Å². The van der Waals surface area contributed by atoms with Crippen LogP contribution in [0.15, 0.2) is 23.4 Å². The Balaban J connectivity index is 2.88. The van der Waals surface area contributed by atoms with E-state index in [1.165, 1.54) is 10.6 Å². The Bertz CT molecular complexity index is 344. The number of hydrogen-bond donors (Lipinski definition) is 0. The molecule has 1 heterocycles. The molecule has 0 saturated heterocycles. The molecule has 0 aliphatic rings. The molecule has 1 nitrogen and oxygen atoms in total. The van der Waals surface area contributed by atoms with Gasteiger partial charge in [0.15, 0.2) is 0 Å². The molecule has 0 saturated carbocycles. The average Bonchev–Trinajstić information content (AvgIpc) is 2.12. The third-order valence-corrected chi connectivity index (χ3v) is 3.83. The van der Waals surface area contributed by atoms with Gasteiger partial charge in [-0.1, -0.05) is 47.6 Å². The molecule has 16 heavy (non-hydrogen) atoms. The molecule has 0 fully saturated rings. The Morgan fingerprint density at radius 2 is 1.75 bits per heavy atom. The number of hydrogen-bond acceptors (Lipinski definition) is 2. The minimum Gasteiger partial charge on any atom is -0.250 e. The van der Waals surface area contributed by atoms with Crippen LogP contribution in [-0.2, 0) is 5.41 Å². The van der Waals surface area contributed by atoms with Gasteiger partial charge < -0.3 is 0 Å². The average molecular weight is 237 g/mol. The van der Waals surface area contributed by atoms with E-state index in [1.807, 2.05) is 24.0 Å². The lowest BCUT2D eigenvalue weighted by Gasteiger charge is -2.23. The lowest BCUT2D eigenvalue weighted by Crippen LogP contribution is -2.15. The van der Waals surface area contributed by atoms with Gasteiger partial charge in [0.05, 0.1) is 5.03 Å². The lowest BCUT2D eigenvalue weighted by molar-refractivity contribution is 0.480. The van der Waals surface area contributed by atoms with Crippen molar-refractivity contribution in [2.45, 2.75) is 52.0 Å². The highest BCUT2D eigenvalue weighted by Crippen LogP contribution is 2.33. The summed E-state index contributed by atoms with van der Waals surface area (Å²) in [5.74, 6) is 1.10. The Morgan fingerprint density at radius 1 is 1.12 bits per heavy atom. The standard InChI is InChI=1S/C14H23NS/c1-13(2,3)10-16-12-11(14(4,5)6)8-7-9-15-12/h7-9H,10H2,1-6H3. The number of aromatic nitrogens is 1. The van der Waals surface area contributed by atoms with Crippen molar-refractivity contribution in [3.05, 3.63) is 23.9 Å². The molecule has 0 bridgehead atoms. The van der Waals surface area contributed by atoms with Crippen molar-refractivity contribution in [1.82, 2.24) is 4.98 Å². The first-order valence-corrected chi connectivity index (χ1v) is 6.77. The Labute approximate surface area is 104 Å². The van der Waals surface area contributed by atoms with E-state index in [2.05, 4.69) is 52.6 Å². The summed E-state index contributed by atoms with van der Waals surface area (Å²) in [6.07, 6.45) is 1.89. The maximum atomic E-state index is 4.51. The molecule has 0 amide bonds. The second-order valence-electron chi connectivity index (χ2n) is 6.46. The zero-order chi connectivity index (χ0) is 12.4. The normalized spacial score (nSPS) is 12.9. The molecule has 0 aromatic carbocycles. The zero-order valence-electron chi connectivity index (χ0n) is 11.3. The zero-order valence-corrected chi connectivity index (χ0v) is 12.1. The van der Waals surface area contributed by atoms with Crippen LogP contribution in [0.3, 0.4) is 0 Å². The molecular formula is C14H23NS. The summed E-state index contributed by atoms with van der Waals surface area (Å²) in [5.41, 5.74) is 1.87. The van der Waals surface area contributed by atoms with Crippen LogP contribution in [-0.4, -0.2) is 10.7 Å². The summed E-state index contributed by atoms with van der Waals surface area (Å²) in [5, 5.41) is 1.19. The molecule has 1 rings (SSSR count). The van der Waals surface area contributed by atoms with E-state index in [4.69, 9.17) is 0 Å². The van der Waals surface area contributed by atoms with Crippen LogP contribution in [0, 0.1) is 5.41 Å². The van der Waals surface area contributed by atoms with E-state index in [-0.39, 0.29) is 5.41 Å². The molecule has 1 aromatic rings. The number of nitrogens with zero attached hydrogens (tertiary/aromatic N) is 1. The van der Waals surface area contributed by atoms with Crippen molar-refractivity contribution in [3.8, 4) is 0 Å². The smallest absolute Gasteiger partial charge is 0.0997 e. The van der Waals surface area contributed by atoms with Crippen molar-refractivity contribution in [2.75, 3.05) is 5.75 Å². The van der Waals surface area contributed by atoms with E-state index < -0.39 is 0 Å². The van der Waals surface area contributed by atoms with Crippen LogP contribution in [0.2, 0.25) is 0 Å². The van der Waals surface area contributed by atoms with E-state index in [9.17, 15) is 0 Å². The lowest BCUT2D eigenvalue weighted by atomic mass is 9.88. The molecule has 2 heteroatoms. The minimum atomic E-state index is 0.175. The minimum absolute atomic E-state index is 0.175. The van der Waals surface area contributed by atoms with Crippen LogP contribution in [0.1, 0.15) is 47.1 Å². The topological polar surface area (TPSA) is 12.9 Å². The Hall–Kier alpha value is -0.500. The molecule has 0 atom stereocenters. The van der Waals surface area contributed by atoms with Gasteiger partial charge in [-0.3, -0.25) is 0 Å². The molecular weight excluding hydrogens is 214 g/mol. The monoisotopic (exact) mass is 237 g/mol. The van der Waals surface area contributed by atoms with Gasteiger partial charge in [0, 0.05) is 11.9 Å². The van der Waals surface area contributed by atoms with Crippen LogP contribution in [0.5, 0.6) is 0 Å². The summed E-state index contributed by atoms with van der Waals surface area (Å²) in [7, 11) is 0. The summed E-state index contributed by atoms with van der Waals surface area (Å²) < 4.78 is 0. The predicted octanol–water partition coefficient (Wildman–Crippen LogP) is 4.52. The fourth-order valence-corrected chi connectivity index (χ4v) is 2.60. The molecule has 0 aliphatic carbocycles. The van der Waals surface area contributed by atoms with Crippen molar-refractivity contribution < 1.29 is 0 Å². The van der Waals surface area contributed by atoms with Crippen molar-refractivity contribution in [3.63, 3.8) is 0 Å². The van der Waals surface area contributed by atoms with Crippen molar-refractivity contribution >= 4 is 11.8 Å². The fourth-order valence-electron chi connectivity index (χ4n) is 1.36. The molecule has 0 unspecified atom stereocenters. The molecule has 0 N–H and O–H groups in total. The largest absolute Gasteiger partial charge is 0.250 e. The molecule has 0 spiro atoms. The quantitative estimate of drug-likeness (QED) is 0.702. The van der Waals surface area contributed by atoms with Gasteiger partial charge >= 0.3 is 0 Å². The van der Waals surface area contributed by atoms with Gasteiger partial charge in [0.25, 0.3) is 0 Å². The third-order valence-electron chi connectivity index (χ3n) is 2.22. The van der Waals surface area contributed by atoms with Crippen molar-refractivity contribution in [2.24, 2.45) is 5.41 Å². The van der Waals surface area contributed by atoms with Gasteiger partial charge in [0.2, 0.25) is 0 Å². The summed E-state index contributed by atoms with van der Waals surface area (Å²) >= 11 is 1.87. The molecule has 90 valence electrons. The van der Waals surface area contributed by atoms with Gasteiger partial charge in [-0.15, -0.1) is 11.8 Å². The number of pyridine rings is 1. The first-order chi connectivity index (χ1) is 7.20. The van der Waals surface area contributed by atoms with Crippen LogP contribution < -0.4 is 0 Å². The van der Waals surface area contributed by atoms with Gasteiger partial charge in [-0.2, -0.15) is 0 Å². The molecule has 0 radical (unpaired) electrons. The maximum absolute atomic E-state index is 4.51. The van der Waals surface area contributed by atoms with E-state index in [0.29, 0.717) is 5.41 Å². The predicted molar refractivity (Wildman–Crippen MR) is 73.1 cm³/mol. The summed E-state index contributed by atoms with van der Waals surface area (Å²) in [6.45, 7) is 13.5. The SMILES string of the molecule is CC(C)(C)CSc1ncccc1C(C)(C)C. The second kappa shape index (κ2) is 4.79. The first-order valence-electron chi connectivity index (χ1n) is 5.78. The van der Waals surface area contributed by atoms with Crippen LogP contribution in [0.25, 0.3) is 0 Å². The Kier molecular flexibility index (Phi) is 4.06. The van der Waals surface area contributed by atoms with Crippen molar-refractivity contribution in [1.29, 1.82) is 0 Å².